The number of rotatable bonds is 8. The Morgan fingerprint density at radius 2 is 1.73 bits per heavy atom. The highest BCUT2D eigenvalue weighted by molar-refractivity contribution is 7.88. The minimum Gasteiger partial charge on any atom is -0.495 e. The van der Waals surface area contributed by atoms with Crippen molar-refractivity contribution in [3.05, 3.63) is 83.6 Å². The summed E-state index contributed by atoms with van der Waals surface area (Å²) in [5.74, 6) is 0.513. The van der Waals surface area contributed by atoms with Crippen molar-refractivity contribution in [1.29, 1.82) is 0 Å². The van der Waals surface area contributed by atoms with E-state index >= 15 is 0 Å². The molecule has 1 heterocycles. The molecule has 0 aliphatic heterocycles. The van der Waals surface area contributed by atoms with Gasteiger partial charge in [-0.1, -0.05) is 36.4 Å². The molecule has 0 atom stereocenters. The van der Waals surface area contributed by atoms with Gasteiger partial charge in [0.25, 0.3) is 5.91 Å². The van der Waals surface area contributed by atoms with Crippen molar-refractivity contribution in [2.75, 3.05) is 12.4 Å². The van der Waals surface area contributed by atoms with Crippen LogP contribution < -0.4 is 20.5 Å². The number of carbonyl (C=O) groups is 1. The molecule has 1 amide bonds. The van der Waals surface area contributed by atoms with E-state index < -0.39 is 10.0 Å². The maximum absolute atomic E-state index is 12.7. The van der Waals surface area contributed by atoms with E-state index in [0.29, 0.717) is 28.4 Å². The molecule has 3 rings (SSSR count). The number of sulfonamides is 1. The molecule has 0 bridgehead atoms. The number of methoxy groups -OCH3 is 1. The third-order valence-electron chi connectivity index (χ3n) is 4.26. The highest BCUT2D eigenvalue weighted by atomic mass is 32.2. The molecule has 3 aromatic rings. The number of hydrogen-bond acceptors (Lipinski definition) is 6. The lowest BCUT2D eigenvalue weighted by Gasteiger charge is -2.13. The molecule has 0 saturated heterocycles. The average molecular weight is 426 g/mol. The summed E-state index contributed by atoms with van der Waals surface area (Å²) in [5, 5.41) is 11.0. The summed E-state index contributed by atoms with van der Waals surface area (Å²) in [6, 6.07) is 17.5. The molecule has 156 valence electrons. The van der Waals surface area contributed by atoms with Crippen LogP contribution >= 0.6 is 0 Å². The molecule has 0 fully saturated rings. The van der Waals surface area contributed by atoms with Gasteiger partial charge in [-0.3, -0.25) is 4.79 Å². The van der Waals surface area contributed by atoms with E-state index in [2.05, 4.69) is 15.6 Å². The normalized spacial score (nSPS) is 11.0. The van der Waals surface area contributed by atoms with Gasteiger partial charge in [-0.25, -0.2) is 18.5 Å². The van der Waals surface area contributed by atoms with Gasteiger partial charge in [-0.15, -0.1) is 0 Å². The molecule has 9 heteroatoms. The maximum Gasteiger partial charge on any atom is 0.255 e. The van der Waals surface area contributed by atoms with Crippen LogP contribution in [0.25, 0.3) is 0 Å². The summed E-state index contributed by atoms with van der Waals surface area (Å²) >= 11 is 0. The van der Waals surface area contributed by atoms with Crippen molar-refractivity contribution in [2.45, 2.75) is 12.3 Å². The second kappa shape index (κ2) is 9.38. The number of primary sulfonamides is 1. The predicted octanol–water partition coefficient (Wildman–Crippen LogP) is 2.55. The van der Waals surface area contributed by atoms with E-state index in [1.807, 2.05) is 24.3 Å². The number of pyridine rings is 1. The van der Waals surface area contributed by atoms with Crippen LogP contribution in [0.4, 0.5) is 11.5 Å². The van der Waals surface area contributed by atoms with Crippen LogP contribution in [0, 0.1) is 0 Å². The fraction of sp³-hybridized carbons (Fsp3) is 0.143. The van der Waals surface area contributed by atoms with Crippen LogP contribution in [0.2, 0.25) is 0 Å². The predicted molar refractivity (Wildman–Crippen MR) is 115 cm³/mol. The van der Waals surface area contributed by atoms with Crippen molar-refractivity contribution in [1.82, 2.24) is 10.3 Å². The van der Waals surface area contributed by atoms with Crippen molar-refractivity contribution in [2.24, 2.45) is 5.14 Å². The van der Waals surface area contributed by atoms with E-state index in [9.17, 15) is 13.2 Å². The van der Waals surface area contributed by atoms with Gasteiger partial charge in [0.15, 0.2) is 0 Å². The summed E-state index contributed by atoms with van der Waals surface area (Å²) in [5.41, 5.74) is 2.49. The summed E-state index contributed by atoms with van der Waals surface area (Å²) in [7, 11) is -2.01. The zero-order valence-electron chi connectivity index (χ0n) is 16.3. The Morgan fingerprint density at radius 1 is 1.03 bits per heavy atom. The molecule has 2 aromatic carbocycles. The third kappa shape index (κ3) is 5.79. The Hall–Kier alpha value is -3.43. The number of amides is 1. The van der Waals surface area contributed by atoms with Gasteiger partial charge in [0.05, 0.1) is 24.1 Å². The van der Waals surface area contributed by atoms with E-state index in [-0.39, 0.29) is 18.2 Å². The van der Waals surface area contributed by atoms with Crippen LogP contribution in [0.15, 0.2) is 66.9 Å². The molecule has 1 aromatic heterocycles. The molecule has 0 spiro atoms. The first-order chi connectivity index (χ1) is 14.4. The Bertz CT molecular complexity index is 1130. The number of benzene rings is 2. The smallest absolute Gasteiger partial charge is 0.255 e. The quantitative estimate of drug-likeness (QED) is 0.509. The number of aromatic nitrogens is 1. The molecular formula is C21H22N4O4S. The van der Waals surface area contributed by atoms with E-state index in [1.165, 1.54) is 0 Å². The van der Waals surface area contributed by atoms with Gasteiger partial charge >= 0.3 is 0 Å². The molecule has 0 saturated carbocycles. The van der Waals surface area contributed by atoms with E-state index in [4.69, 9.17) is 9.88 Å². The van der Waals surface area contributed by atoms with Crippen molar-refractivity contribution >= 4 is 27.4 Å². The molecule has 8 nitrogen and oxygen atoms in total. The largest absolute Gasteiger partial charge is 0.495 e. The maximum atomic E-state index is 12.7. The lowest BCUT2D eigenvalue weighted by atomic mass is 10.1. The van der Waals surface area contributed by atoms with E-state index in [0.717, 1.165) is 5.56 Å². The molecule has 0 aliphatic carbocycles. The number of nitrogens with two attached hydrogens (primary N) is 1. The molecule has 0 radical (unpaired) electrons. The Kier molecular flexibility index (Phi) is 6.65. The molecule has 0 unspecified atom stereocenters. The van der Waals surface area contributed by atoms with Crippen LogP contribution in [-0.4, -0.2) is 26.4 Å². The molecule has 0 aliphatic rings. The van der Waals surface area contributed by atoms with Crippen LogP contribution in [0.1, 0.15) is 21.5 Å². The highest BCUT2D eigenvalue weighted by Gasteiger charge is 2.14. The monoisotopic (exact) mass is 426 g/mol. The van der Waals surface area contributed by atoms with E-state index in [1.54, 1.807) is 49.7 Å². The number of carbonyl (C=O) groups excluding carboxylic acids is 1. The van der Waals surface area contributed by atoms with Crippen molar-refractivity contribution in [3.63, 3.8) is 0 Å². The minimum atomic E-state index is -3.58. The van der Waals surface area contributed by atoms with Gasteiger partial charge < -0.3 is 15.4 Å². The van der Waals surface area contributed by atoms with Gasteiger partial charge in [0.2, 0.25) is 10.0 Å². The lowest BCUT2D eigenvalue weighted by molar-refractivity contribution is 0.0951. The summed E-state index contributed by atoms with van der Waals surface area (Å²) < 4.78 is 27.7. The van der Waals surface area contributed by atoms with Crippen LogP contribution in [-0.2, 0) is 22.3 Å². The highest BCUT2D eigenvalue weighted by Crippen LogP contribution is 2.27. The number of hydrogen-bond donors (Lipinski definition) is 3. The van der Waals surface area contributed by atoms with Gasteiger partial charge in [0, 0.05) is 12.7 Å². The number of ether oxygens (including phenoxy) is 1. The van der Waals surface area contributed by atoms with Crippen molar-refractivity contribution in [3.8, 4) is 5.75 Å². The molecular weight excluding hydrogens is 404 g/mol. The van der Waals surface area contributed by atoms with Crippen LogP contribution in [0.3, 0.4) is 0 Å². The second-order valence-corrected chi connectivity index (χ2v) is 8.15. The summed E-state index contributed by atoms with van der Waals surface area (Å²) in [6.07, 6.45) is 1.60. The summed E-state index contributed by atoms with van der Waals surface area (Å²) in [6.45, 7) is 0.275. The van der Waals surface area contributed by atoms with Crippen LogP contribution in [0.5, 0.6) is 5.75 Å². The fourth-order valence-electron chi connectivity index (χ4n) is 2.83. The number of nitrogens with zero attached hydrogens (tertiary/aromatic N) is 1. The zero-order chi connectivity index (χ0) is 21.6. The zero-order valence-corrected chi connectivity index (χ0v) is 17.1. The standard InChI is InChI=1S/C21H22N4O4S/c1-29-19-7-3-2-6-18(19)25-20-17(5-4-12-23-20)21(26)24-13-15-8-10-16(11-9-15)14-30(22,27)28/h2-12H,13-14H2,1H3,(H,23,25)(H,24,26)(H2,22,27,28). The third-order valence-corrected chi connectivity index (χ3v) is 4.99. The Morgan fingerprint density at radius 3 is 2.43 bits per heavy atom. The number of anilines is 2. The van der Waals surface area contributed by atoms with Crippen molar-refractivity contribution < 1.29 is 17.9 Å². The second-order valence-electron chi connectivity index (χ2n) is 6.53. The topological polar surface area (TPSA) is 123 Å². The minimum absolute atomic E-state index is 0.229. The van der Waals surface area contributed by atoms with Gasteiger partial charge in [-0.2, -0.15) is 0 Å². The fourth-order valence-corrected chi connectivity index (χ4v) is 3.48. The van der Waals surface area contributed by atoms with Gasteiger partial charge in [0.1, 0.15) is 11.6 Å². The molecule has 4 N–H and O–H groups in total. The first-order valence-electron chi connectivity index (χ1n) is 9.07. The summed E-state index contributed by atoms with van der Waals surface area (Å²) in [4.78, 5) is 17.0. The first kappa shape index (κ1) is 21.3. The first-order valence-corrected chi connectivity index (χ1v) is 10.8. The Labute approximate surface area is 175 Å². The lowest BCUT2D eigenvalue weighted by Crippen LogP contribution is -2.24. The van der Waals surface area contributed by atoms with Gasteiger partial charge in [-0.05, 0) is 35.4 Å². The average Bonchev–Trinajstić information content (AvgIpc) is 2.73. The Balaban J connectivity index is 1.69. The SMILES string of the molecule is COc1ccccc1Nc1ncccc1C(=O)NCc1ccc(CS(N)(=O)=O)cc1. The number of para-hydroxylation sites is 2. The number of nitrogens with one attached hydrogen (secondary N) is 2. The molecule has 30 heavy (non-hydrogen) atoms.